The molecule has 0 aliphatic rings. The first-order valence-electron chi connectivity index (χ1n) is 6.92. The Bertz CT molecular complexity index is 215. The lowest BCUT2D eigenvalue weighted by Gasteiger charge is -2.21. The summed E-state index contributed by atoms with van der Waals surface area (Å²) in [5, 5.41) is 0. The number of rotatable bonds is 10. The van der Waals surface area contributed by atoms with E-state index in [0.29, 0.717) is 6.54 Å². The number of hydrogen-bond acceptors (Lipinski definition) is 3. The number of amides is 1. The summed E-state index contributed by atoms with van der Waals surface area (Å²) in [7, 11) is 8.58. The number of nitrogens with zero attached hydrogens (tertiary/aromatic N) is 2. The molecule has 0 aliphatic carbocycles. The third kappa shape index (κ3) is 9.34. The summed E-state index contributed by atoms with van der Waals surface area (Å²) >= 11 is 0. The largest absolute Gasteiger partial charge is 0.528 e. The quantitative estimate of drug-likeness (QED) is 0.443. The monoisotopic (exact) mass is 254 g/mol. The van der Waals surface area contributed by atoms with Crippen molar-refractivity contribution in [3.05, 3.63) is 0 Å². The highest BCUT2D eigenvalue weighted by molar-refractivity contribution is 6.04. The molecule has 0 rings (SSSR count). The van der Waals surface area contributed by atoms with Crippen LogP contribution < -0.4 is 0 Å². The summed E-state index contributed by atoms with van der Waals surface area (Å²) in [6.45, 7) is 4.80. The maximum Gasteiger partial charge on any atom is 0.390 e. The molecular formula is C13H27BN2O2. The van der Waals surface area contributed by atoms with Gasteiger partial charge in [-0.25, -0.2) is 4.79 Å². The van der Waals surface area contributed by atoms with Gasteiger partial charge in [-0.2, -0.15) is 0 Å². The van der Waals surface area contributed by atoms with Crippen molar-refractivity contribution in [2.75, 3.05) is 33.7 Å². The molecule has 0 aromatic rings. The Kier molecular flexibility index (Phi) is 10.9. The van der Waals surface area contributed by atoms with Crippen LogP contribution >= 0.6 is 0 Å². The van der Waals surface area contributed by atoms with E-state index < -0.39 is 6.09 Å². The maximum atomic E-state index is 11.0. The summed E-state index contributed by atoms with van der Waals surface area (Å²) < 4.78 is 4.15. The van der Waals surface area contributed by atoms with Gasteiger partial charge in [0, 0.05) is 20.1 Å². The predicted octanol–water partition coefficient (Wildman–Crippen LogP) is 2.43. The molecule has 104 valence electrons. The van der Waals surface area contributed by atoms with E-state index in [2.05, 4.69) is 23.5 Å². The van der Waals surface area contributed by atoms with Crippen LogP contribution in [-0.2, 0) is 4.65 Å². The van der Waals surface area contributed by atoms with Crippen LogP contribution in [0.3, 0.4) is 0 Å². The first-order valence-corrected chi connectivity index (χ1v) is 6.92. The lowest BCUT2D eigenvalue weighted by atomic mass is 10.1. The van der Waals surface area contributed by atoms with Gasteiger partial charge in [0.2, 0.25) is 0 Å². The van der Waals surface area contributed by atoms with Crippen molar-refractivity contribution in [1.29, 1.82) is 0 Å². The Morgan fingerprint density at radius 2 is 1.61 bits per heavy atom. The topological polar surface area (TPSA) is 32.8 Å². The molecule has 0 aromatic heterocycles. The van der Waals surface area contributed by atoms with Gasteiger partial charge in [0.1, 0.15) is 0 Å². The van der Waals surface area contributed by atoms with E-state index in [0.717, 1.165) is 13.1 Å². The zero-order valence-corrected chi connectivity index (χ0v) is 12.2. The van der Waals surface area contributed by atoms with Gasteiger partial charge in [-0.15, -0.1) is 0 Å². The van der Waals surface area contributed by atoms with E-state index in [-0.39, 0.29) is 0 Å². The van der Waals surface area contributed by atoms with Gasteiger partial charge in [0.15, 0.2) is 0 Å². The lowest BCUT2D eigenvalue weighted by molar-refractivity contribution is 0.161. The van der Waals surface area contributed by atoms with Crippen molar-refractivity contribution in [2.24, 2.45) is 0 Å². The van der Waals surface area contributed by atoms with Crippen molar-refractivity contribution in [3.8, 4) is 0 Å². The Morgan fingerprint density at radius 1 is 1.00 bits per heavy atom. The molecule has 0 saturated carbocycles. The Balaban J connectivity index is 3.42. The van der Waals surface area contributed by atoms with Gasteiger partial charge in [-0.3, -0.25) is 0 Å². The average Bonchev–Trinajstić information content (AvgIpc) is 2.38. The van der Waals surface area contributed by atoms with Gasteiger partial charge < -0.3 is 14.5 Å². The molecule has 0 atom stereocenters. The summed E-state index contributed by atoms with van der Waals surface area (Å²) in [5.41, 5.74) is 0. The van der Waals surface area contributed by atoms with Crippen molar-refractivity contribution < 1.29 is 9.45 Å². The highest BCUT2D eigenvalue weighted by atomic mass is 16.5. The number of unbranched alkanes of at least 4 members (excludes halogenated alkanes) is 5. The van der Waals surface area contributed by atoms with Gasteiger partial charge in [-0.1, -0.05) is 39.0 Å². The molecule has 0 bridgehead atoms. The highest BCUT2D eigenvalue weighted by Crippen LogP contribution is 2.05. The fourth-order valence-corrected chi connectivity index (χ4v) is 1.78. The van der Waals surface area contributed by atoms with Crippen molar-refractivity contribution in [2.45, 2.75) is 45.4 Å². The summed E-state index contributed by atoms with van der Waals surface area (Å²) in [6.07, 6.45) is 7.37. The zero-order valence-electron chi connectivity index (χ0n) is 12.2. The molecule has 0 N–H and O–H groups in total. The van der Waals surface area contributed by atoms with Gasteiger partial charge in [0.25, 0.3) is 0 Å². The molecule has 0 spiro atoms. The minimum absolute atomic E-state index is 0.483. The number of likely N-dealkylation sites (N-methyl/N-ethyl adjacent to an activating group) is 2. The normalized spacial score (nSPS) is 10.7. The molecule has 1 amide bonds. The molecule has 0 fully saturated rings. The van der Waals surface area contributed by atoms with Gasteiger partial charge in [-0.05, 0) is 20.0 Å². The van der Waals surface area contributed by atoms with Crippen LogP contribution in [0, 0.1) is 0 Å². The standard InChI is InChI=1S/C13H27BN2O2/c1-4-5-6-7-8-9-10-15(2)11-12-16(3)13(17)18-14/h4-12H2,1-3H3. The van der Waals surface area contributed by atoms with E-state index in [1.807, 2.05) is 0 Å². The molecular weight excluding hydrogens is 227 g/mol. The van der Waals surface area contributed by atoms with Crippen LogP contribution in [0.1, 0.15) is 45.4 Å². The summed E-state index contributed by atoms with van der Waals surface area (Å²) in [4.78, 5) is 14.8. The third-order valence-electron chi connectivity index (χ3n) is 3.12. The van der Waals surface area contributed by atoms with Crippen LogP contribution in [0.25, 0.3) is 0 Å². The van der Waals surface area contributed by atoms with Crippen molar-refractivity contribution >= 4 is 14.1 Å². The van der Waals surface area contributed by atoms with Gasteiger partial charge >= 0.3 is 14.1 Å². The number of carbonyl (C=O) groups excluding carboxylic acids is 1. The van der Waals surface area contributed by atoms with Crippen LogP contribution in [0.5, 0.6) is 0 Å². The van der Waals surface area contributed by atoms with E-state index in [1.165, 1.54) is 43.4 Å². The van der Waals surface area contributed by atoms with Crippen LogP contribution in [0.2, 0.25) is 0 Å². The SMILES string of the molecule is [B]OC(=O)N(C)CCN(C)CCCCCCCC. The molecule has 4 nitrogen and oxygen atoms in total. The lowest BCUT2D eigenvalue weighted by Crippen LogP contribution is -2.35. The Morgan fingerprint density at radius 3 is 2.22 bits per heavy atom. The minimum atomic E-state index is -0.483. The second-order valence-electron chi connectivity index (χ2n) is 4.88. The molecule has 0 unspecified atom stereocenters. The molecule has 18 heavy (non-hydrogen) atoms. The van der Waals surface area contributed by atoms with Crippen LogP contribution in [0.15, 0.2) is 0 Å². The zero-order chi connectivity index (χ0) is 13.8. The van der Waals surface area contributed by atoms with Crippen LogP contribution in [0.4, 0.5) is 4.79 Å². The second-order valence-corrected chi connectivity index (χ2v) is 4.88. The molecule has 0 aliphatic heterocycles. The highest BCUT2D eigenvalue weighted by Gasteiger charge is 2.07. The predicted molar refractivity (Wildman–Crippen MR) is 75.7 cm³/mol. The van der Waals surface area contributed by atoms with E-state index >= 15 is 0 Å². The molecule has 2 radical (unpaired) electrons. The fraction of sp³-hybridized carbons (Fsp3) is 0.923. The summed E-state index contributed by atoms with van der Waals surface area (Å²) in [6, 6.07) is 0. The molecule has 0 saturated heterocycles. The smallest absolute Gasteiger partial charge is 0.390 e. The van der Waals surface area contributed by atoms with Crippen molar-refractivity contribution in [1.82, 2.24) is 9.80 Å². The van der Waals surface area contributed by atoms with Crippen molar-refractivity contribution in [3.63, 3.8) is 0 Å². The first kappa shape index (κ1) is 17.3. The average molecular weight is 254 g/mol. The molecule has 5 heteroatoms. The minimum Gasteiger partial charge on any atom is -0.528 e. The maximum absolute atomic E-state index is 11.0. The molecule has 0 aromatic carbocycles. The van der Waals surface area contributed by atoms with E-state index in [4.69, 9.17) is 8.05 Å². The second kappa shape index (κ2) is 11.4. The van der Waals surface area contributed by atoms with Gasteiger partial charge in [0.05, 0.1) is 0 Å². The summed E-state index contributed by atoms with van der Waals surface area (Å²) in [5.74, 6) is 0. The fourth-order valence-electron chi connectivity index (χ4n) is 1.78. The number of carbonyl (C=O) groups is 1. The Labute approximate surface area is 113 Å². The van der Waals surface area contributed by atoms with E-state index in [9.17, 15) is 4.79 Å². The Hall–Kier alpha value is -0.705. The third-order valence-corrected chi connectivity index (χ3v) is 3.12. The number of hydrogen-bond donors (Lipinski definition) is 0. The van der Waals surface area contributed by atoms with E-state index in [1.54, 1.807) is 7.05 Å². The van der Waals surface area contributed by atoms with Crippen LogP contribution in [-0.4, -0.2) is 57.7 Å². The first-order chi connectivity index (χ1) is 8.61. The molecule has 0 heterocycles.